The molecule has 0 unspecified atom stereocenters. The number of nitrogens with zero attached hydrogens (tertiary/aromatic N) is 1. The normalized spacial score (nSPS) is 27.2. The van der Waals surface area contributed by atoms with Crippen LogP contribution in [0.15, 0.2) is 42.5 Å². The Bertz CT molecular complexity index is 862. The van der Waals surface area contributed by atoms with E-state index >= 15 is 0 Å². The van der Waals surface area contributed by atoms with Crippen LogP contribution in [-0.4, -0.2) is 42.4 Å². The lowest BCUT2D eigenvalue weighted by atomic mass is 9.87. The third-order valence-corrected chi connectivity index (χ3v) is 7.18. The van der Waals surface area contributed by atoms with Crippen molar-refractivity contribution >= 4 is 0 Å². The lowest BCUT2D eigenvalue weighted by molar-refractivity contribution is 0.0119. The topological polar surface area (TPSA) is 32.7 Å². The molecule has 4 heteroatoms. The second-order valence-corrected chi connectivity index (χ2v) is 9.00. The van der Waals surface area contributed by atoms with Crippen LogP contribution in [0.3, 0.4) is 0 Å². The van der Waals surface area contributed by atoms with Gasteiger partial charge >= 0.3 is 0 Å². The van der Waals surface area contributed by atoms with Gasteiger partial charge in [-0.2, -0.15) is 0 Å². The zero-order chi connectivity index (χ0) is 19.8. The molecule has 2 aromatic carbocycles. The van der Waals surface area contributed by atoms with E-state index in [9.17, 15) is 9.50 Å². The zero-order valence-electron chi connectivity index (χ0n) is 16.9. The van der Waals surface area contributed by atoms with Crippen molar-refractivity contribution in [3.63, 3.8) is 0 Å². The lowest BCUT2D eigenvalue weighted by Crippen LogP contribution is -2.39. The van der Waals surface area contributed by atoms with E-state index < -0.39 is 0 Å². The van der Waals surface area contributed by atoms with E-state index in [1.807, 2.05) is 6.07 Å². The quantitative estimate of drug-likeness (QED) is 0.831. The van der Waals surface area contributed by atoms with E-state index in [1.54, 1.807) is 12.1 Å². The molecule has 1 aliphatic carbocycles. The summed E-state index contributed by atoms with van der Waals surface area (Å²) in [5, 5.41) is 9.18. The minimum Gasteiger partial charge on any atom is -0.396 e. The Morgan fingerprint density at radius 2 is 1.83 bits per heavy atom. The van der Waals surface area contributed by atoms with Crippen molar-refractivity contribution in [3.8, 4) is 0 Å². The minimum atomic E-state index is -0.175. The van der Waals surface area contributed by atoms with Crippen molar-refractivity contribution in [3.05, 3.63) is 70.5 Å². The third-order valence-electron chi connectivity index (χ3n) is 7.18. The largest absolute Gasteiger partial charge is 0.396 e. The summed E-state index contributed by atoms with van der Waals surface area (Å²) in [6.45, 7) is 3.42. The van der Waals surface area contributed by atoms with Gasteiger partial charge < -0.3 is 14.7 Å². The van der Waals surface area contributed by atoms with E-state index in [1.165, 1.54) is 16.7 Å². The molecule has 2 heterocycles. The summed E-state index contributed by atoms with van der Waals surface area (Å²) in [7, 11) is 0. The van der Waals surface area contributed by atoms with Gasteiger partial charge in [0.2, 0.25) is 0 Å². The van der Waals surface area contributed by atoms with Crippen LogP contribution in [-0.2, 0) is 11.2 Å². The van der Waals surface area contributed by atoms with E-state index in [0.29, 0.717) is 18.4 Å². The molecule has 3 atom stereocenters. The van der Waals surface area contributed by atoms with Gasteiger partial charge in [0, 0.05) is 19.1 Å². The molecule has 5 rings (SSSR count). The molecule has 0 radical (unpaired) electrons. The molecule has 2 saturated heterocycles. The van der Waals surface area contributed by atoms with Crippen LogP contribution in [0.5, 0.6) is 0 Å². The monoisotopic (exact) mass is 395 g/mol. The van der Waals surface area contributed by atoms with Gasteiger partial charge in [-0.1, -0.05) is 30.3 Å². The molecule has 3 nitrogen and oxygen atoms in total. The van der Waals surface area contributed by atoms with Crippen molar-refractivity contribution in [1.82, 2.24) is 4.90 Å². The molecule has 29 heavy (non-hydrogen) atoms. The molecule has 2 aromatic rings. The highest BCUT2D eigenvalue weighted by atomic mass is 19.1. The van der Waals surface area contributed by atoms with Gasteiger partial charge in [-0.05, 0) is 85.5 Å². The van der Waals surface area contributed by atoms with Crippen molar-refractivity contribution in [1.29, 1.82) is 0 Å². The zero-order valence-corrected chi connectivity index (χ0v) is 16.9. The predicted octanol–water partition coefficient (Wildman–Crippen LogP) is 4.44. The first-order chi connectivity index (χ1) is 14.2. The van der Waals surface area contributed by atoms with E-state index in [-0.39, 0.29) is 18.0 Å². The third kappa shape index (κ3) is 3.86. The molecule has 0 bridgehead atoms. The number of hydrogen-bond acceptors (Lipinski definition) is 3. The molecular weight excluding hydrogens is 365 g/mol. The Morgan fingerprint density at radius 1 is 1.03 bits per heavy atom. The van der Waals surface area contributed by atoms with Gasteiger partial charge in [-0.15, -0.1) is 0 Å². The van der Waals surface area contributed by atoms with Crippen LogP contribution in [0.4, 0.5) is 4.39 Å². The number of aliphatic hydroxyl groups excluding tert-OH is 1. The van der Waals surface area contributed by atoms with Crippen LogP contribution in [0, 0.1) is 11.7 Å². The second-order valence-electron chi connectivity index (χ2n) is 9.00. The Morgan fingerprint density at radius 3 is 2.66 bits per heavy atom. The van der Waals surface area contributed by atoms with Crippen molar-refractivity contribution in [2.45, 2.75) is 50.2 Å². The fraction of sp³-hybridized carbons (Fsp3) is 0.520. The maximum atomic E-state index is 14.1. The summed E-state index contributed by atoms with van der Waals surface area (Å²) in [5.41, 5.74) is 4.95. The number of likely N-dealkylation sites (tertiary alicyclic amines) is 1. The van der Waals surface area contributed by atoms with Crippen LogP contribution >= 0.6 is 0 Å². The molecule has 1 N–H and O–H groups in total. The highest BCUT2D eigenvalue weighted by molar-refractivity contribution is 5.45. The van der Waals surface area contributed by atoms with Gasteiger partial charge in [0.1, 0.15) is 5.82 Å². The maximum Gasteiger partial charge on any atom is 0.123 e. The van der Waals surface area contributed by atoms with Crippen molar-refractivity contribution < 1.29 is 14.2 Å². The van der Waals surface area contributed by atoms with Gasteiger partial charge in [-0.3, -0.25) is 0 Å². The SMILES string of the molecule is OCCC1CCN(C[C@H]2C[C@@H]3c4ccccc4Cc4ccc(F)cc4[C@@H]3O2)CC1. The molecule has 0 aromatic heterocycles. The Balaban J connectivity index is 1.36. The molecular formula is C25H30FNO2. The minimum absolute atomic E-state index is 0.0544. The highest BCUT2D eigenvalue weighted by Crippen LogP contribution is 2.49. The number of aliphatic hydroxyl groups is 1. The number of hydrogen-bond donors (Lipinski definition) is 1. The van der Waals surface area contributed by atoms with E-state index in [4.69, 9.17) is 4.74 Å². The van der Waals surface area contributed by atoms with Crippen molar-refractivity contribution in [2.75, 3.05) is 26.2 Å². The number of benzene rings is 2. The predicted molar refractivity (Wildman–Crippen MR) is 111 cm³/mol. The molecule has 2 aliphatic heterocycles. The standard InChI is InChI=1S/C25H30FNO2/c26-20-6-5-19-13-18-3-1-2-4-22(18)24-15-21(29-25(24)23(19)14-20)16-27-10-7-17(8-11-27)9-12-28/h1-6,14,17,21,24-25,28H,7-13,15-16H2/t21-,24-,25+/m1/s1. The molecule has 2 fully saturated rings. The summed E-state index contributed by atoms with van der Waals surface area (Å²) in [6, 6.07) is 13.9. The number of ether oxygens (including phenoxy) is 1. The summed E-state index contributed by atoms with van der Waals surface area (Å²) in [5.74, 6) is 0.784. The number of piperidine rings is 1. The second kappa shape index (κ2) is 8.17. The summed E-state index contributed by atoms with van der Waals surface area (Å²) in [6.07, 6.45) is 5.23. The maximum absolute atomic E-state index is 14.1. The Kier molecular flexibility index (Phi) is 5.42. The number of fused-ring (bicyclic) bond motifs is 5. The van der Waals surface area contributed by atoms with Crippen LogP contribution in [0.2, 0.25) is 0 Å². The molecule has 154 valence electrons. The number of rotatable bonds is 4. The van der Waals surface area contributed by atoms with Crippen LogP contribution < -0.4 is 0 Å². The molecule has 0 spiro atoms. The van der Waals surface area contributed by atoms with Gasteiger partial charge in [0.05, 0.1) is 12.2 Å². The van der Waals surface area contributed by atoms with Crippen LogP contribution in [0.25, 0.3) is 0 Å². The van der Waals surface area contributed by atoms with E-state index in [0.717, 1.165) is 57.3 Å². The average Bonchev–Trinajstić information content (AvgIpc) is 3.10. The molecule has 0 amide bonds. The first-order valence-corrected chi connectivity index (χ1v) is 11.1. The first kappa shape index (κ1) is 19.2. The molecule has 3 aliphatic rings. The Hall–Kier alpha value is -1.75. The summed E-state index contributed by atoms with van der Waals surface area (Å²) in [4.78, 5) is 2.52. The lowest BCUT2D eigenvalue weighted by Gasteiger charge is -2.33. The summed E-state index contributed by atoms with van der Waals surface area (Å²) < 4.78 is 20.7. The van der Waals surface area contributed by atoms with Crippen LogP contribution in [0.1, 0.15) is 60.0 Å². The van der Waals surface area contributed by atoms with Gasteiger partial charge in [0.15, 0.2) is 0 Å². The first-order valence-electron chi connectivity index (χ1n) is 11.1. The summed E-state index contributed by atoms with van der Waals surface area (Å²) >= 11 is 0. The average molecular weight is 396 g/mol. The van der Waals surface area contributed by atoms with Gasteiger partial charge in [0.25, 0.3) is 0 Å². The van der Waals surface area contributed by atoms with Crippen molar-refractivity contribution in [2.24, 2.45) is 5.92 Å². The molecule has 0 saturated carbocycles. The number of halogens is 1. The smallest absolute Gasteiger partial charge is 0.123 e. The van der Waals surface area contributed by atoms with E-state index in [2.05, 4.69) is 29.2 Å². The van der Waals surface area contributed by atoms with Gasteiger partial charge in [-0.25, -0.2) is 4.39 Å². The highest BCUT2D eigenvalue weighted by Gasteiger charge is 2.41. The Labute approximate surface area is 172 Å². The fourth-order valence-electron chi connectivity index (χ4n) is 5.64. The fourth-order valence-corrected chi connectivity index (χ4v) is 5.64.